The van der Waals surface area contributed by atoms with Crippen molar-refractivity contribution in [3.05, 3.63) is 41.5 Å². The molecule has 0 saturated carbocycles. The molecule has 0 spiro atoms. The monoisotopic (exact) mass is 245 g/mol. The lowest BCUT2D eigenvalue weighted by atomic mass is 9.90. The van der Waals surface area contributed by atoms with E-state index < -0.39 is 0 Å². The topological polar surface area (TPSA) is 21.3 Å². The maximum atomic E-state index is 5.48. The first-order chi connectivity index (χ1) is 8.85. The largest absolute Gasteiger partial charge is 0.494 e. The fourth-order valence-electron chi connectivity index (χ4n) is 2.61. The van der Waals surface area contributed by atoms with Crippen LogP contribution in [-0.2, 0) is 0 Å². The van der Waals surface area contributed by atoms with Crippen LogP contribution in [-0.4, -0.2) is 13.7 Å². The van der Waals surface area contributed by atoms with E-state index in [2.05, 4.69) is 35.7 Å². The molecular weight excluding hydrogens is 222 g/mol. The highest BCUT2D eigenvalue weighted by Gasteiger charge is 2.16. The Labute approximate surface area is 110 Å². The minimum atomic E-state index is 0.362. The van der Waals surface area contributed by atoms with Crippen LogP contribution in [0.1, 0.15) is 44.2 Å². The lowest BCUT2D eigenvalue weighted by Crippen LogP contribution is -2.19. The van der Waals surface area contributed by atoms with Crippen molar-refractivity contribution in [1.82, 2.24) is 5.32 Å². The van der Waals surface area contributed by atoms with Gasteiger partial charge in [0.25, 0.3) is 0 Å². The Kier molecular flexibility index (Phi) is 4.82. The Balaban J connectivity index is 2.14. The van der Waals surface area contributed by atoms with Gasteiger partial charge in [0, 0.05) is 0 Å². The molecule has 1 aliphatic carbocycles. The Hall–Kier alpha value is -1.28. The Morgan fingerprint density at radius 2 is 2.00 bits per heavy atom. The number of benzene rings is 1. The van der Waals surface area contributed by atoms with Gasteiger partial charge < -0.3 is 10.1 Å². The summed E-state index contributed by atoms with van der Waals surface area (Å²) in [6, 6.07) is 8.82. The molecule has 98 valence electrons. The number of ether oxygens (including phenoxy) is 1. The SMILES string of the molecule is CCOc1ccc(C(NC)C2=CCCCC2)cc1. The van der Waals surface area contributed by atoms with Gasteiger partial charge in [-0.05, 0) is 57.4 Å². The average molecular weight is 245 g/mol. The van der Waals surface area contributed by atoms with Gasteiger partial charge in [-0.1, -0.05) is 23.8 Å². The van der Waals surface area contributed by atoms with Gasteiger partial charge >= 0.3 is 0 Å². The molecule has 1 unspecified atom stereocenters. The van der Waals surface area contributed by atoms with Crippen LogP contribution in [0, 0.1) is 0 Å². The van der Waals surface area contributed by atoms with Crippen LogP contribution >= 0.6 is 0 Å². The number of rotatable bonds is 5. The molecule has 18 heavy (non-hydrogen) atoms. The fraction of sp³-hybridized carbons (Fsp3) is 0.500. The molecule has 1 aliphatic rings. The summed E-state index contributed by atoms with van der Waals surface area (Å²) >= 11 is 0. The highest BCUT2D eigenvalue weighted by atomic mass is 16.5. The van der Waals surface area contributed by atoms with Crippen LogP contribution in [0.5, 0.6) is 5.75 Å². The van der Waals surface area contributed by atoms with E-state index in [4.69, 9.17) is 4.74 Å². The lowest BCUT2D eigenvalue weighted by Gasteiger charge is -2.23. The normalized spacial score (nSPS) is 17.1. The van der Waals surface area contributed by atoms with Gasteiger partial charge in [-0.25, -0.2) is 0 Å². The van der Waals surface area contributed by atoms with Crippen molar-refractivity contribution >= 4 is 0 Å². The summed E-state index contributed by atoms with van der Waals surface area (Å²) < 4.78 is 5.48. The third-order valence-corrected chi connectivity index (χ3v) is 3.51. The summed E-state index contributed by atoms with van der Waals surface area (Å²) in [6.45, 7) is 2.73. The molecule has 0 heterocycles. The van der Waals surface area contributed by atoms with Gasteiger partial charge in [0.2, 0.25) is 0 Å². The van der Waals surface area contributed by atoms with Gasteiger partial charge in [0.15, 0.2) is 0 Å². The summed E-state index contributed by atoms with van der Waals surface area (Å²) in [5, 5.41) is 3.43. The predicted molar refractivity (Wildman–Crippen MR) is 76.0 cm³/mol. The van der Waals surface area contributed by atoms with E-state index in [9.17, 15) is 0 Å². The van der Waals surface area contributed by atoms with Crippen molar-refractivity contribution in [2.45, 2.75) is 38.6 Å². The minimum Gasteiger partial charge on any atom is -0.494 e. The first-order valence-corrected chi connectivity index (χ1v) is 6.94. The van der Waals surface area contributed by atoms with E-state index in [1.165, 1.54) is 36.8 Å². The summed E-state index contributed by atoms with van der Waals surface area (Å²) in [6.07, 6.45) is 7.51. The molecule has 2 rings (SSSR count). The van der Waals surface area contributed by atoms with Crippen LogP contribution < -0.4 is 10.1 Å². The van der Waals surface area contributed by atoms with Crippen LogP contribution in [0.25, 0.3) is 0 Å². The fourth-order valence-corrected chi connectivity index (χ4v) is 2.61. The smallest absolute Gasteiger partial charge is 0.119 e. The maximum Gasteiger partial charge on any atom is 0.119 e. The third kappa shape index (κ3) is 3.14. The van der Waals surface area contributed by atoms with Crippen molar-refractivity contribution in [3.63, 3.8) is 0 Å². The van der Waals surface area contributed by atoms with Gasteiger partial charge in [0.05, 0.1) is 12.6 Å². The number of allylic oxidation sites excluding steroid dienone is 1. The van der Waals surface area contributed by atoms with E-state index in [0.29, 0.717) is 6.04 Å². The van der Waals surface area contributed by atoms with E-state index in [0.717, 1.165) is 12.4 Å². The van der Waals surface area contributed by atoms with Crippen LogP contribution in [0.4, 0.5) is 0 Å². The Morgan fingerprint density at radius 3 is 2.56 bits per heavy atom. The number of hydrogen-bond acceptors (Lipinski definition) is 2. The molecule has 1 N–H and O–H groups in total. The molecule has 0 aliphatic heterocycles. The summed E-state index contributed by atoms with van der Waals surface area (Å²) in [7, 11) is 2.04. The zero-order valence-corrected chi connectivity index (χ0v) is 11.4. The van der Waals surface area contributed by atoms with Gasteiger partial charge in [0.1, 0.15) is 5.75 Å². The second-order valence-electron chi connectivity index (χ2n) is 4.75. The van der Waals surface area contributed by atoms with E-state index in [1.54, 1.807) is 0 Å². The lowest BCUT2D eigenvalue weighted by molar-refractivity contribution is 0.340. The Morgan fingerprint density at radius 1 is 1.22 bits per heavy atom. The second kappa shape index (κ2) is 6.60. The molecular formula is C16H23NO. The van der Waals surface area contributed by atoms with Crippen LogP contribution in [0.15, 0.2) is 35.9 Å². The number of likely N-dealkylation sites (N-methyl/N-ethyl adjacent to an activating group) is 1. The zero-order valence-electron chi connectivity index (χ0n) is 11.4. The predicted octanol–water partition coefficient (Wildman–Crippen LogP) is 3.85. The molecule has 0 radical (unpaired) electrons. The minimum absolute atomic E-state index is 0.362. The van der Waals surface area contributed by atoms with Gasteiger partial charge in [-0.2, -0.15) is 0 Å². The summed E-state index contributed by atoms with van der Waals surface area (Å²) in [5.41, 5.74) is 2.86. The van der Waals surface area contributed by atoms with E-state index in [1.807, 2.05) is 14.0 Å². The zero-order chi connectivity index (χ0) is 12.8. The maximum absolute atomic E-state index is 5.48. The highest BCUT2D eigenvalue weighted by Crippen LogP contribution is 2.30. The number of nitrogens with one attached hydrogen (secondary N) is 1. The van der Waals surface area contributed by atoms with Crippen molar-refractivity contribution in [2.24, 2.45) is 0 Å². The standard InChI is InChI=1S/C16H23NO/c1-3-18-15-11-9-14(10-12-15)16(17-2)13-7-5-4-6-8-13/h7,9-12,16-17H,3-6,8H2,1-2H3. The molecule has 1 aromatic carbocycles. The van der Waals surface area contributed by atoms with Crippen molar-refractivity contribution < 1.29 is 4.74 Å². The molecule has 0 saturated heterocycles. The van der Waals surface area contributed by atoms with Crippen molar-refractivity contribution in [2.75, 3.05) is 13.7 Å². The quantitative estimate of drug-likeness (QED) is 0.796. The van der Waals surface area contributed by atoms with Gasteiger partial charge in [-0.15, -0.1) is 0 Å². The third-order valence-electron chi connectivity index (χ3n) is 3.51. The van der Waals surface area contributed by atoms with E-state index >= 15 is 0 Å². The van der Waals surface area contributed by atoms with Gasteiger partial charge in [-0.3, -0.25) is 0 Å². The molecule has 1 aromatic rings. The molecule has 0 bridgehead atoms. The van der Waals surface area contributed by atoms with Crippen molar-refractivity contribution in [3.8, 4) is 5.75 Å². The first-order valence-electron chi connectivity index (χ1n) is 6.94. The number of hydrogen-bond donors (Lipinski definition) is 1. The first kappa shape index (κ1) is 13.2. The highest BCUT2D eigenvalue weighted by molar-refractivity contribution is 5.34. The molecule has 2 heteroatoms. The Bertz CT molecular complexity index is 394. The molecule has 1 atom stereocenters. The van der Waals surface area contributed by atoms with Crippen LogP contribution in [0.2, 0.25) is 0 Å². The van der Waals surface area contributed by atoms with Crippen molar-refractivity contribution in [1.29, 1.82) is 0 Å². The second-order valence-corrected chi connectivity index (χ2v) is 4.75. The van der Waals surface area contributed by atoms with E-state index in [-0.39, 0.29) is 0 Å². The molecule has 0 amide bonds. The van der Waals surface area contributed by atoms with Crippen LogP contribution in [0.3, 0.4) is 0 Å². The summed E-state index contributed by atoms with van der Waals surface area (Å²) in [4.78, 5) is 0. The molecule has 0 aromatic heterocycles. The molecule has 2 nitrogen and oxygen atoms in total. The average Bonchev–Trinajstić information content (AvgIpc) is 2.43. The summed E-state index contributed by atoms with van der Waals surface area (Å²) in [5.74, 6) is 0.953. The molecule has 0 fully saturated rings.